The quantitative estimate of drug-likeness (QED) is 0.632. The van der Waals surface area contributed by atoms with E-state index in [1.807, 2.05) is 6.08 Å². The monoisotopic (exact) mass is 275 g/mol. The second kappa shape index (κ2) is 7.31. The predicted molar refractivity (Wildman–Crippen MR) is 84.6 cm³/mol. The molecular formula is C16H25N3O. The summed E-state index contributed by atoms with van der Waals surface area (Å²) in [6.07, 6.45) is 1.87. The van der Waals surface area contributed by atoms with Crippen molar-refractivity contribution in [3.8, 4) is 5.75 Å². The lowest BCUT2D eigenvalue weighted by Crippen LogP contribution is -2.44. The molecule has 0 spiro atoms. The summed E-state index contributed by atoms with van der Waals surface area (Å²) >= 11 is 0. The maximum absolute atomic E-state index is 5.57. The Labute approximate surface area is 122 Å². The summed E-state index contributed by atoms with van der Waals surface area (Å²) in [6, 6.07) is 6.48. The third kappa shape index (κ3) is 3.74. The van der Waals surface area contributed by atoms with Crippen molar-refractivity contribution >= 4 is 5.69 Å². The van der Waals surface area contributed by atoms with Crippen molar-refractivity contribution in [2.75, 3.05) is 51.8 Å². The van der Waals surface area contributed by atoms with Crippen LogP contribution in [0.5, 0.6) is 5.75 Å². The number of anilines is 1. The number of nitrogens with zero attached hydrogens (tertiary/aromatic N) is 2. The molecule has 1 aliphatic rings. The Bertz CT molecular complexity index is 439. The molecule has 1 N–H and O–H groups in total. The van der Waals surface area contributed by atoms with E-state index < -0.39 is 0 Å². The number of hydrogen-bond acceptors (Lipinski definition) is 4. The van der Waals surface area contributed by atoms with Crippen molar-refractivity contribution in [2.45, 2.75) is 6.54 Å². The molecule has 110 valence electrons. The molecule has 1 aliphatic heterocycles. The molecule has 20 heavy (non-hydrogen) atoms. The van der Waals surface area contributed by atoms with Gasteiger partial charge in [0.25, 0.3) is 0 Å². The van der Waals surface area contributed by atoms with E-state index in [0.29, 0.717) is 0 Å². The van der Waals surface area contributed by atoms with Gasteiger partial charge in [-0.25, -0.2) is 0 Å². The summed E-state index contributed by atoms with van der Waals surface area (Å²) in [5.74, 6) is 0.965. The van der Waals surface area contributed by atoms with Crippen molar-refractivity contribution in [3.05, 3.63) is 36.4 Å². The molecule has 4 nitrogen and oxygen atoms in total. The van der Waals surface area contributed by atoms with Crippen molar-refractivity contribution in [3.63, 3.8) is 0 Å². The second-order valence-electron chi connectivity index (χ2n) is 5.22. The van der Waals surface area contributed by atoms with E-state index in [1.165, 1.54) is 11.3 Å². The van der Waals surface area contributed by atoms with E-state index in [4.69, 9.17) is 4.74 Å². The summed E-state index contributed by atoms with van der Waals surface area (Å²) in [5, 5.41) is 3.31. The minimum atomic E-state index is 0.822. The average molecular weight is 275 g/mol. The zero-order valence-electron chi connectivity index (χ0n) is 12.6. The molecule has 0 unspecified atom stereocenters. The number of methoxy groups -OCH3 is 1. The van der Waals surface area contributed by atoms with Crippen LogP contribution >= 0.6 is 0 Å². The minimum Gasteiger partial charge on any atom is -0.495 e. The number of rotatable bonds is 6. The number of benzene rings is 1. The summed E-state index contributed by atoms with van der Waals surface area (Å²) in [5.41, 5.74) is 2.44. The Morgan fingerprint density at radius 2 is 2.05 bits per heavy atom. The number of likely N-dealkylation sites (N-methyl/N-ethyl adjacent to an activating group) is 1. The first-order chi connectivity index (χ1) is 9.74. The number of nitrogens with one attached hydrogen (secondary N) is 1. The van der Waals surface area contributed by atoms with Crippen molar-refractivity contribution in [2.24, 2.45) is 0 Å². The molecule has 1 fully saturated rings. The standard InChI is InChI=1S/C16H25N3O/c1-4-7-17-13-14-5-6-15(16(12-14)20-3)19-10-8-18(2)9-11-19/h4-6,12,17H,1,7-11,13H2,2-3H3. The van der Waals surface area contributed by atoms with Gasteiger partial charge in [-0.1, -0.05) is 12.1 Å². The Morgan fingerprint density at radius 1 is 1.30 bits per heavy atom. The van der Waals surface area contributed by atoms with Crippen LogP contribution < -0.4 is 15.0 Å². The summed E-state index contributed by atoms with van der Waals surface area (Å²) < 4.78 is 5.57. The average Bonchev–Trinajstić information content (AvgIpc) is 2.48. The van der Waals surface area contributed by atoms with E-state index in [-0.39, 0.29) is 0 Å². The molecule has 4 heteroatoms. The molecular weight excluding hydrogens is 250 g/mol. The van der Waals surface area contributed by atoms with Crippen LogP contribution in [0.2, 0.25) is 0 Å². The summed E-state index contributed by atoms with van der Waals surface area (Å²) in [6.45, 7) is 9.69. The van der Waals surface area contributed by atoms with Crippen LogP contribution in [0, 0.1) is 0 Å². The smallest absolute Gasteiger partial charge is 0.142 e. The van der Waals surface area contributed by atoms with E-state index in [2.05, 4.69) is 46.9 Å². The van der Waals surface area contributed by atoms with E-state index in [9.17, 15) is 0 Å². The third-order valence-electron chi connectivity index (χ3n) is 3.71. The molecule has 1 aromatic carbocycles. The highest BCUT2D eigenvalue weighted by Crippen LogP contribution is 2.30. The van der Waals surface area contributed by atoms with Gasteiger partial charge in [-0.15, -0.1) is 6.58 Å². The molecule has 0 saturated carbocycles. The fraction of sp³-hybridized carbons (Fsp3) is 0.500. The van der Waals surface area contributed by atoms with Crippen LogP contribution in [-0.2, 0) is 6.54 Å². The number of ether oxygens (including phenoxy) is 1. The first-order valence-electron chi connectivity index (χ1n) is 7.16. The Hall–Kier alpha value is -1.52. The van der Waals surface area contributed by atoms with Gasteiger partial charge in [0.05, 0.1) is 12.8 Å². The number of hydrogen-bond donors (Lipinski definition) is 1. The maximum Gasteiger partial charge on any atom is 0.142 e. The van der Waals surface area contributed by atoms with E-state index in [0.717, 1.165) is 45.0 Å². The molecule has 0 aromatic heterocycles. The SMILES string of the molecule is C=CCNCc1ccc(N2CCN(C)CC2)c(OC)c1. The zero-order chi connectivity index (χ0) is 14.4. The topological polar surface area (TPSA) is 27.7 Å². The van der Waals surface area contributed by atoms with Crippen LogP contribution in [0.4, 0.5) is 5.69 Å². The van der Waals surface area contributed by atoms with Crippen molar-refractivity contribution in [1.82, 2.24) is 10.2 Å². The van der Waals surface area contributed by atoms with Gasteiger partial charge in [-0.2, -0.15) is 0 Å². The lowest BCUT2D eigenvalue weighted by atomic mass is 10.1. The molecule has 0 amide bonds. The van der Waals surface area contributed by atoms with Crippen LogP contribution in [-0.4, -0.2) is 51.8 Å². The first-order valence-corrected chi connectivity index (χ1v) is 7.16. The van der Waals surface area contributed by atoms with Crippen LogP contribution in [0.25, 0.3) is 0 Å². The Balaban J connectivity index is 2.07. The predicted octanol–water partition coefficient (Wildman–Crippen LogP) is 1.72. The molecule has 0 radical (unpaired) electrons. The Kier molecular flexibility index (Phi) is 5.44. The molecule has 0 bridgehead atoms. The van der Waals surface area contributed by atoms with Crippen molar-refractivity contribution in [1.29, 1.82) is 0 Å². The molecule has 0 aliphatic carbocycles. The Morgan fingerprint density at radius 3 is 2.70 bits per heavy atom. The highest BCUT2D eigenvalue weighted by Gasteiger charge is 2.17. The largest absolute Gasteiger partial charge is 0.495 e. The molecule has 1 aromatic rings. The molecule has 2 rings (SSSR count). The maximum atomic E-state index is 5.57. The molecule has 1 heterocycles. The highest BCUT2D eigenvalue weighted by atomic mass is 16.5. The van der Waals surface area contributed by atoms with Gasteiger partial charge in [-0.05, 0) is 24.7 Å². The molecule has 1 saturated heterocycles. The first kappa shape index (κ1) is 14.9. The van der Waals surface area contributed by atoms with E-state index >= 15 is 0 Å². The minimum absolute atomic E-state index is 0.822. The third-order valence-corrected chi connectivity index (χ3v) is 3.71. The van der Waals surface area contributed by atoms with Gasteiger partial charge >= 0.3 is 0 Å². The number of piperazine rings is 1. The van der Waals surface area contributed by atoms with Gasteiger partial charge in [0, 0.05) is 39.3 Å². The summed E-state index contributed by atoms with van der Waals surface area (Å²) in [7, 11) is 3.92. The molecule has 0 atom stereocenters. The lowest BCUT2D eigenvalue weighted by molar-refractivity contribution is 0.311. The lowest BCUT2D eigenvalue weighted by Gasteiger charge is -2.34. The fourth-order valence-corrected chi connectivity index (χ4v) is 2.46. The zero-order valence-corrected chi connectivity index (χ0v) is 12.6. The summed E-state index contributed by atoms with van der Waals surface area (Å²) in [4.78, 5) is 4.76. The van der Waals surface area contributed by atoms with Gasteiger partial charge in [0.2, 0.25) is 0 Å². The van der Waals surface area contributed by atoms with Crippen LogP contribution in [0.15, 0.2) is 30.9 Å². The van der Waals surface area contributed by atoms with Crippen LogP contribution in [0.3, 0.4) is 0 Å². The van der Waals surface area contributed by atoms with Crippen molar-refractivity contribution < 1.29 is 4.74 Å². The van der Waals surface area contributed by atoms with Gasteiger partial charge < -0.3 is 19.9 Å². The van der Waals surface area contributed by atoms with Gasteiger partial charge in [-0.3, -0.25) is 0 Å². The second-order valence-corrected chi connectivity index (χ2v) is 5.22. The fourth-order valence-electron chi connectivity index (χ4n) is 2.46. The van der Waals surface area contributed by atoms with Gasteiger partial charge in [0.15, 0.2) is 0 Å². The van der Waals surface area contributed by atoms with E-state index in [1.54, 1.807) is 7.11 Å². The normalized spacial score (nSPS) is 16.2. The van der Waals surface area contributed by atoms with Crippen LogP contribution in [0.1, 0.15) is 5.56 Å². The highest BCUT2D eigenvalue weighted by molar-refractivity contribution is 5.60. The van der Waals surface area contributed by atoms with Gasteiger partial charge in [0.1, 0.15) is 5.75 Å².